The molecule has 3 heterocycles. The zero-order chi connectivity index (χ0) is 61.2. The Labute approximate surface area is 503 Å². The van der Waals surface area contributed by atoms with Gasteiger partial charge in [-0.1, -0.05) is 190 Å². The van der Waals surface area contributed by atoms with Gasteiger partial charge in [0.1, 0.15) is 73.2 Å². The lowest BCUT2D eigenvalue weighted by Gasteiger charge is -2.48. The van der Waals surface area contributed by atoms with Crippen molar-refractivity contribution < 1.29 is 89.4 Å². The summed E-state index contributed by atoms with van der Waals surface area (Å²) < 4.78 is 34.3. The van der Waals surface area contributed by atoms with E-state index in [2.05, 4.69) is 67.8 Å². The Bertz CT molecular complexity index is 1770. The fourth-order valence-electron chi connectivity index (χ4n) is 10.7. The molecule has 3 rings (SSSR count). The van der Waals surface area contributed by atoms with Crippen LogP contribution < -0.4 is 5.32 Å². The molecule has 0 aliphatic carbocycles. The van der Waals surface area contributed by atoms with Crippen LogP contribution in [0.3, 0.4) is 0 Å². The lowest BCUT2D eigenvalue weighted by molar-refractivity contribution is -0.379. The highest BCUT2D eigenvalue weighted by molar-refractivity contribution is 5.76. The second kappa shape index (κ2) is 47.5. The van der Waals surface area contributed by atoms with E-state index in [9.17, 15) is 61.0 Å². The van der Waals surface area contributed by atoms with Crippen LogP contribution in [0.15, 0.2) is 60.8 Å². The fraction of sp³-hybridized carbons (Fsp3) is 0.831. The van der Waals surface area contributed by atoms with Gasteiger partial charge < -0.3 is 89.9 Å². The van der Waals surface area contributed by atoms with Gasteiger partial charge >= 0.3 is 0 Å². The minimum atomic E-state index is -1.98. The van der Waals surface area contributed by atoms with E-state index in [1.807, 2.05) is 6.08 Å². The van der Waals surface area contributed by atoms with E-state index in [1.165, 1.54) is 96.3 Å². The van der Waals surface area contributed by atoms with Crippen LogP contribution in [0.2, 0.25) is 0 Å². The molecule has 17 atom stereocenters. The summed E-state index contributed by atoms with van der Waals surface area (Å²) in [4.78, 5) is 13.4. The smallest absolute Gasteiger partial charge is 0.220 e. The maximum Gasteiger partial charge on any atom is 0.220 e. The summed E-state index contributed by atoms with van der Waals surface area (Å²) >= 11 is 0. The van der Waals surface area contributed by atoms with Crippen molar-refractivity contribution in [1.82, 2.24) is 5.32 Å². The predicted octanol–water partition coefficient (Wildman–Crippen LogP) is 7.21. The number of allylic oxidation sites excluding steroid dienone is 9. The lowest BCUT2D eigenvalue weighted by atomic mass is 9.96. The molecule has 0 aromatic heterocycles. The highest BCUT2D eigenvalue weighted by Gasteiger charge is 2.53. The summed E-state index contributed by atoms with van der Waals surface area (Å²) in [6, 6.07) is -1.00. The molecule has 3 fully saturated rings. The van der Waals surface area contributed by atoms with Gasteiger partial charge in [-0.3, -0.25) is 4.79 Å². The Morgan fingerprint density at radius 1 is 0.429 bits per heavy atom. The molecule has 19 heteroatoms. The van der Waals surface area contributed by atoms with Crippen LogP contribution in [0.5, 0.6) is 0 Å². The summed E-state index contributed by atoms with van der Waals surface area (Å²) in [6.45, 7) is 1.67. The van der Waals surface area contributed by atoms with E-state index in [-0.39, 0.29) is 18.9 Å². The van der Waals surface area contributed by atoms with Crippen LogP contribution in [-0.4, -0.2) is 193 Å². The molecule has 0 saturated carbocycles. The van der Waals surface area contributed by atoms with Crippen LogP contribution in [0.25, 0.3) is 0 Å². The van der Waals surface area contributed by atoms with Crippen molar-refractivity contribution in [2.45, 2.75) is 317 Å². The van der Waals surface area contributed by atoms with Crippen molar-refractivity contribution in [3.63, 3.8) is 0 Å². The van der Waals surface area contributed by atoms with Gasteiger partial charge in [-0.15, -0.1) is 0 Å². The van der Waals surface area contributed by atoms with Gasteiger partial charge in [-0.25, -0.2) is 0 Å². The number of amides is 1. The highest BCUT2D eigenvalue weighted by Crippen LogP contribution is 2.33. The Hall–Kier alpha value is -2.51. The number of rotatable bonds is 48. The van der Waals surface area contributed by atoms with E-state index in [0.29, 0.717) is 12.8 Å². The standard InChI is InChI=1S/C65H115NO18/c1-3-5-7-9-11-13-15-17-19-21-22-23-24-25-27-28-30-32-34-36-38-40-42-49(70)48(66-53(71)43-41-39-37-35-33-31-29-26-20-18-16-14-12-10-8-6-4-2)47-79-63-59(77)56(74)61(51(45-68)81-63)84-65-60(78)57(75)62(52(46-69)82-65)83-64-58(76)55(73)54(72)50(44-67)80-64/h12,14,18,20,25,27,32,34,40,42,48-52,54-65,67-70,72-78H,3-11,13,15-17,19,21-24,26,28-31,33,35-39,41,43-47H2,1-2H3,(H,66,71)/b14-12-,20-18-,27-25+,34-32+,42-40+. The number of nitrogens with one attached hydrogen (secondary N) is 1. The minimum Gasteiger partial charge on any atom is -0.394 e. The molecule has 12 N–H and O–H groups in total. The zero-order valence-electron chi connectivity index (χ0n) is 51.1. The number of carbonyl (C=O) groups excluding carboxylic acids is 1. The first kappa shape index (κ1) is 75.7. The monoisotopic (exact) mass is 1200 g/mol. The molecular formula is C65H115NO18. The van der Waals surface area contributed by atoms with E-state index in [0.717, 1.165) is 83.5 Å². The first-order valence-electron chi connectivity index (χ1n) is 32.5. The Morgan fingerprint density at radius 3 is 1.29 bits per heavy atom. The molecule has 488 valence electrons. The summed E-state index contributed by atoms with van der Waals surface area (Å²) in [6.07, 6.45) is 29.1. The number of aliphatic hydroxyl groups is 11. The number of unbranched alkanes of at least 4 members (excludes halogenated alkanes) is 24. The van der Waals surface area contributed by atoms with Crippen LogP contribution in [0.1, 0.15) is 213 Å². The van der Waals surface area contributed by atoms with Crippen LogP contribution >= 0.6 is 0 Å². The molecule has 84 heavy (non-hydrogen) atoms. The van der Waals surface area contributed by atoms with E-state index in [1.54, 1.807) is 6.08 Å². The molecule has 0 spiro atoms. The lowest BCUT2D eigenvalue weighted by Crippen LogP contribution is -2.66. The van der Waals surface area contributed by atoms with Crippen molar-refractivity contribution >= 4 is 5.91 Å². The highest BCUT2D eigenvalue weighted by atomic mass is 16.8. The first-order valence-corrected chi connectivity index (χ1v) is 32.5. The molecule has 3 saturated heterocycles. The summed E-state index contributed by atoms with van der Waals surface area (Å²) in [5, 5.41) is 120. The predicted molar refractivity (Wildman–Crippen MR) is 323 cm³/mol. The second-order valence-electron chi connectivity index (χ2n) is 23.2. The number of hydrogen-bond acceptors (Lipinski definition) is 18. The van der Waals surface area contributed by atoms with Crippen LogP contribution in [-0.2, 0) is 33.2 Å². The Morgan fingerprint density at radius 2 is 0.798 bits per heavy atom. The van der Waals surface area contributed by atoms with Gasteiger partial charge in [0.2, 0.25) is 5.91 Å². The third kappa shape index (κ3) is 30.1. The van der Waals surface area contributed by atoms with Crippen molar-refractivity contribution in [2.75, 3.05) is 26.4 Å². The maximum absolute atomic E-state index is 13.4. The third-order valence-corrected chi connectivity index (χ3v) is 16.0. The Balaban J connectivity index is 1.50. The zero-order valence-corrected chi connectivity index (χ0v) is 51.1. The molecule has 1 amide bonds. The van der Waals surface area contributed by atoms with Gasteiger partial charge in [0.25, 0.3) is 0 Å². The van der Waals surface area contributed by atoms with Crippen molar-refractivity contribution in [1.29, 1.82) is 0 Å². The quantitative estimate of drug-likeness (QED) is 0.0211. The van der Waals surface area contributed by atoms with Crippen LogP contribution in [0, 0.1) is 0 Å². The summed E-state index contributed by atoms with van der Waals surface area (Å²) in [5.41, 5.74) is 0. The summed E-state index contributed by atoms with van der Waals surface area (Å²) in [7, 11) is 0. The Kier molecular flexibility index (Phi) is 42.8. The van der Waals surface area contributed by atoms with E-state index >= 15 is 0 Å². The first-order chi connectivity index (χ1) is 40.8. The normalized spacial score (nSPS) is 29.6. The van der Waals surface area contributed by atoms with Crippen molar-refractivity contribution in [3.8, 4) is 0 Å². The molecule has 0 aromatic rings. The average molecular weight is 1200 g/mol. The summed E-state index contributed by atoms with van der Waals surface area (Å²) in [5.74, 6) is -0.299. The third-order valence-electron chi connectivity index (χ3n) is 16.0. The number of carbonyl (C=O) groups is 1. The molecule has 3 aliphatic rings. The van der Waals surface area contributed by atoms with Gasteiger partial charge in [0.05, 0.1) is 38.6 Å². The van der Waals surface area contributed by atoms with Crippen molar-refractivity contribution in [2.24, 2.45) is 0 Å². The average Bonchev–Trinajstić information content (AvgIpc) is 2.82. The van der Waals surface area contributed by atoms with Gasteiger partial charge in [-0.2, -0.15) is 0 Å². The molecular weight excluding hydrogens is 1080 g/mol. The topological polar surface area (TPSA) is 307 Å². The number of aliphatic hydroxyl groups excluding tert-OH is 11. The van der Waals surface area contributed by atoms with E-state index in [4.69, 9.17) is 28.4 Å². The molecule has 19 nitrogen and oxygen atoms in total. The number of ether oxygens (including phenoxy) is 6. The van der Waals surface area contributed by atoms with Gasteiger partial charge in [0.15, 0.2) is 18.9 Å². The van der Waals surface area contributed by atoms with E-state index < -0.39 is 124 Å². The molecule has 3 aliphatic heterocycles. The molecule has 17 unspecified atom stereocenters. The van der Waals surface area contributed by atoms with Gasteiger partial charge in [-0.05, 0) is 77.0 Å². The van der Waals surface area contributed by atoms with Crippen LogP contribution in [0.4, 0.5) is 0 Å². The minimum absolute atomic E-state index is 0.221. The SMILES string of the molecule is CCCCC/C=C\C/C=C\CCCCCCCCCC(=O)NC(COC1OC(CO)C(OC2OC(CO)C(OC3OC(CO)C(O)C(O)C3O)C(O)C2O)C(O)C1O)C(O)/C=C/CC/C=C/CC/C=C/CCCCCCCCCCCCCC. The maximum atomic E-state index is 13.4. The fourth-order valence-corrected chi connectivity index (χ4v) is 10.7. The molecule has 0 radical (unpaired) electrons. The molecule has 0 bridgehead atoms. The largest absolute Gasteiger partial charge is 0.394 e. The van der Waals surface area contributed by atoms with Crippen molar-refractivity contribution in [3.05, 3.63) is 60.8 Å². The second-order valence-corrected chi connectivity index (χ2v) is 23.2. The molecule has 0 aromatic carbocycles. The van der Waals surface area contributed by atoms with Gasteiger partial charge in [0, 0.05) is 6.42 Å². The number of hydrogen-bond donors (Lipinski definition) is 12.